The topological polar surface area (TPSA) is 84.2 Å². The summed E-state index contributed by atoms with van der Waals surface area (Å²) in [5.74, 6) is 0.498. The predicted octanol–water partition coefficient (Wildman–Crippen LogP) is 1.94. The van der Waals surface area contributed by atoms with Crippen LogP contribution in [-0.2, 0) is 4.79 Å². The minimum Gasteiger partial charge on any atom is -0.469 e. The molecule has 0 fully saturated rings. The summed E-state index contributed by atoms with van der Waals surface area (Å²) >= 11 is 0. The molecule has 1 amide bonds. The lowest BCUT2D eigenvalue weighted by molar-refractivity contribution is -0.115. The minimum absolute atomic E-state index is 0.00664. The van der Waals surface area contributed by atoms with Gasteiger partial charge in [-0.15, -0.1) is 0 Å². The molecular formula is C16H15N3O3. The fourth-order valence-corrected chi connectivity index (χ4v) is 2.42. The number of hydrogen-bond donors (Lipinski definition) is 2. The summed E-state index contributed by atoms with van der Waals surface area (Å²) in [6.07, 6.45) is 7.23. The fourth-order valence-electron chi connectivity index (χ4n) is 2.42. The maximum atomic E-state index is 11.9. The number of amides is 1. The van der Waals surface area contributed by atoms with Crippen molar-refractivity contribution in [2.24, 2.45) is 0 Å². The summed E-state index contributed by atoms with van der Waals surface area (Å²) < 4.78 is 5.36. The molecule has 0 saturated carbocycles. The van der Waals surface area contributed by atoms with Crippen LogP contribution in [0.3, 0.4) is 0 Å². The van der Waals surface area contributed by atoms with Gasteiger partial charge in [0.05, 0.1) is 6.26 Å². The van der Waals surface area contributed by atoms with Crippen molar-refractivity contribution in [3.05, 3.63) is 66.0 Å². The molecule has 6 heteroatoms. The molecule has 2 heterocycles. The zero-order valence-electron chi connectivity index (χ0n) is 11.8. The monoisotopic (exact) mass is 297 g/mol. The Morgan fingerprint density at radius 1 is 1.23 bits per heavy atom. The molecule has 1 atom stereocenters. The highest BCUT2D eigenvalue weighted by Gasteiger charge is 2.24. The maximum Gasteiger partial charge on any atom is 0.269 e. The van der Waals surface area contributed by atoms with E-state index >= 15 is 0 Å². The van der Waals surface area contributed by atoms with Crippen LogP contribution in [0.4, 0.5) is 0 Å². The van der Waals surface area contributed by atoms with Gasteiger partial charge in [0.1, 0.15) is 5.76 Å². The van der Waals surface area contributed by atoms with E-state index < -0.39 is 0 Å². The van der Waals surface area contributed by atoms with Crippen LogP contribution in [0.25, 0.3) is 0 Å². The van der Waals surface area contributed by atoms with Gasteiger partial charge in [0.25, 0.3) is 5.91 Å². The van der Waals surface area contributed by atoms with Gasteiger partial charge in [-0.05, 0) is 30.7 Å². The van der Waals surface area contributed by atoms with E-state index in [0.717, 1.165) is 5.76 Å². The Morgan fingerprint density at radius 2 is 2.05 bits per heavy atom. The molecule has 0 spiro atoms. The third-order valence-electron chi connectivity index (χ3n) is 3.47. The van der Waals surface area contributed by atoms with E-state index in [0.29, 0.717) is 24.1 Å². The average Bonchev–Trinajstić information content (AvgIpc) is 3.07. The summed E-state index contributed by atoms with van der Waals surface area (Å²) in [4.78, 5) is 27.6. The molecule has 2 N–H and O–H groups in total. The second kappa shape index (κ2) is 6.26. The first-order valence-corrected chi connectivity index (χ1v) is 6.95. The van der Waals surface area contributed by atoms with Gasteiger partial charge in [-0.25, -0.2) is 0 Å². The first-order chi connectivity index (χ1) is 10.7. The van der Waals surface area contributed by atoms with Crippen LogP contribution in [0.2, 0.25) is 0 Å². The first-order valence-electron chi connectivity index (χ1n) is 6.95. The summed E-state index contributed by atoms with van der Waals surface area (Å²) in [5, 5.41) is 0. The summed E-state index contributed by atoms with van der Waals surface area (Å²) in [6.45, 7) is 0. The van der Waals surface area contributed by atoms with Crippen LogP contribution in [0.5, 0.6) is 0 Å². The number of furan rings is 1. The molecule has 0 bridgehead atoms. The molecule has 0 aromatic carbocycles. The Kier molecular flexibility index (Phi) is 4.00. The van der Waals surface area contributed by atoms with Crippen LogP contribution in [0.15, 0.2) is 59.1 Å². The van der Waals surface area contributed by atoms with E-state index in [2.05, 4.69) is 15.8 Å². The zero-order chi connectivity index (χ0) is 15.4. The number of carbonyl (C=O) groups excluding carboxylic acids is 2. The summed E-state index contributed by atoms with van der Waals surface area (Å²) in [5.41, 5.74) is 6.57. The van der Waals surface area contributed by atoms with Crippen LogP contribution >= 0.6 is 0 Å². The second-order valence-electron chi connectivity index (χ2n) is 5.07. The number of nitrogens with one attached hydrogen (secondary N) is 2. The smallest absolute Gasteiger partial charge is 0.269 e. The molecule has 2 aromatic rings. The summed E-state index contributed by atoms with van der Waals surface area (Å²) in [7, 11) is 0. The van der Waals surface area contributed by atoms with E-state index in [1.54, 1.807) is 36.9 Å². The molecule has 0 unspecified atom stereocenters. The average molecular weight is 297 g/mol. The largest absolute Gasteiger partial charge is 0.469 e. The zero-order valence-corrected chi connectivity index (χ0v) is 11.8. The fraction of sp³-hybridized carbons (Fsp3) is 0.188. The molecule has 2 aromatic heterocycles. The highest BCUT2D eigenvalue weighted by molar-refractivity contribution is 5.94. The number of ketones is 1. The third-order valence-corrected chi connectivity index (χ3v) is 3.47. The van der Waals surface area contributed by atoms with Crippen LogP contribution in [0, 0.1) is 0 Å². The van der Waals surface area contributed by atoms with Gasteiger partial charge in [-0.2, -0.15) is 0 Å². The minimum atomic E-state index is -0.282. The first kappa shape index (κ1) is 14.1. The standard InChI is InChI=1S/C16H15N3O3/c20-14-9-12(15-2-1-7-22-15)8-13(10-14)18-19-16(21)11-3-5-17-6-4-11/h1-7,10,12,18H,8-9H2,(H,19,21)/t12-/m1/s1. The SMILES string of the molecule is O=C1C=C(NNC(=O)c2ccncc2)C[C@@H](c2ccco2)C1. The molecule has 22 heavy (non-hydrogen) atoms. The Bertz CT molecular complexity index is 693. The van der Waals surface area contributed by atoms with Crippen molar-refractivity contribution in [1.82, 2.24) is 15.8 Å². The Labute approximate surface area is 127 Å². The number of carbonyl (C=O) groups is 2. The van der Waals surface area contributed by atoms with Gasteiger partial charge in [-0.3, -0.25) is 20.0 Å². The van der Waals surface area contributed by atoms with Crippen molar-refractivity contribution in [2.45, 2.75) is 18.8 Å². The lowest BCUT2D eigenvalue weighted by Crippen LogP contribution is -2.38. The lowest BCUT2D eigenvalue weighted by Gasteiger charge is -2.21. The molecule has 1 aliphatic rings. The number of pyridine rings is 1. The number of aromatic nitrogens is 1. The van der Waals surface area contributed by atoms with Gasteiger partial charge < -0.3 is 9.84 Å². The molecule has 0 radical (unpaired) electrons. The van der Waals surface area contributed by atoms with Crippen molar-refractivity contribution in [1.29, 1.82) is 0 Å². The van der Waals surface area contributed by atoms with E-state index in [4.69, 9.17) is 4.42 Å². The highest BCUT2D eigenvalue weighted by Crippen LogP contribution is 2.30. The lowest BCUT2D eigenvalue weighted by atomic mass is 9.89. The third kappa shape index (κ3) is 3.22. The van der Waals surface area contributed by atoms with E-state index in [9.17, 15) is 9.59 Å². The Hall–Kier alpha value is -2.89. The normalized spacial score (nSPS) is 17.7. The molecule has 112 valence electrons. The van der Waals surface area contributed by atoms with Crippen molar-refractivity contribution in [3.63, 3.8) is 0 Å². The molecule has 3 rings (SSSR count). The van der Waals surface area contributed by atoms with E-state index in [1.165, 1.54) is 6.08 Å². The predicted molar refractivity (Wildman–Crippen MR) is 78.6 cm³/mol. The molecule has 6 nitrogen and oxygen atoms in total. The van der Waals surface area contributed by atoms with Crippen LogP contribution in [0.1, 0.15) is 34.9 Å². The molecule has 0 saturated heterocycles. The summed E-state index contributed by atoms with van der Waals surface area (Å²) in [6, 6.07) is 6.89. The Morgan fingerprint density at radius 3 is 2.77 bits per heavy atom. The quantitative estimate of drug-likeness (QED) is 0.843. The van der Waals surface area contributed by atoms with Crippen molar-refractivity contribution in [3.8, 4) is 0 Å². The van der Waals surface area contributed by atoms with Gasteiger partial charge >= 0.3 is 0 Å². The van der Waals surface area contributed by atoms with Gasteiger partial charge in [0, 0.05) is 42.1 Å². The van der Waals surface area contributed by atoms with Crippen molar-refractivity contribution >= 4 is 11.7 Å². The number of rotatable bonds is 4. The Balaban J connectivity index is 1.62. The second-order valence-corrected chi connectivity index (χ2v) is 5.07. The van der Waals surface area contributed by atoms with Gasteiger partial charge in [0.2, 0.25) is 0 Å². The number of hydrazine groups is 1. The van der Waals surface area contributed by atoms with Crippen LogP contribution in [-0.4, -0.2) is 16.7 Å². The molecule has 1 aliphatic carbocycles. The molecular weight excluding hydrogens is 282 g/mol. The number of allylic oxidation sites excluding steroid dienone is 2. The van der Waals surface area contributed by atoms with Crippen molar-refractivity contribution < 1.29 is 14.0 Å². The van der Waals surface area contributed by atoms with Gasteiger partial charge in [0.15, 0.2) is 5.78 Å². The van der Waals surface area contributed by atoms with E-state index in [-0.39, 0.29) is 17.6 Å². The number of nitrogens with zero attached hydrogens (tertiary/aromatic N) is 1. The van der Waals surface area contributed by atoms with Crippen molar-refractivity contribution in [2.75, 3.05) is 0 Å². The number of hydrogen-bond acceptors (Lipinski definition) is 5. The van der Waals surface area contributed by atoms with Crippen LogP contribution < -0.4 is 10.9 Å². The molecule has 0 aliphatic heterocycles. The van der Waals surface area contributed by atoms with E-state index in [1.807, 2.05) is 6.07 Å². The van der Waals surface area contributed by atoms with Gasteiger partial charge in [-0.1, -0.05) is 0 Å². The maximum absolute atomic E-state index is 11.9. The highest BCUT2D eigenvalue weighted by atomic mass is 16.3.